The number of aromatic nitrogens is 2. The van der Waals surface area contributed by atoms with E-state index in [1.807, 2.05) is 11.6 Å². The molecule has 1 aliphatic carbocycles. The molecule has 2 unspecified atom stereocenters. The lowest BCUT2D eigenvalue weighted by atomic mass is 9.64. The Morgan fingerprint density at radius 1 is 1.40 bits per heavy atom. The number of aryl methyl sites for hydroxylation is 2. The molecule has 0 spiro atoms. The van der Waals surface area contributed by atoms with Crippen molar-refractivity contribution in [1.82, 2.24) is 9.78 Å². The first-order chi connectivity index (χ1) is 9.18. The SMILES string of the molecule is CCn1nc(C)c(Cl)c1CC1(O)CCC(C)(C)CC1C. The van der Waals surface area contributed by atoms with E-state index in [9.17, 15) is 5.11 Å². The smallest absolute Gasteiger partial charge is 0.0848 e. The van der Waals surface area contributed by atoms with E-state index < -0.39 is 5.60 Å². The molecule has 20 heavy (non-hydrogen) atoms. The van der Waals surface area contributed by atoms with Crippen LogP contribution in [-0.4, -0.2) is 20.5 Å². The maximum absolute atomic E-state index is 11.1. The predicted molar refractivity (Wildman–Crippen MR) is 83.1 cm³/mol. The maximum atomic E-state index is 11.1. The van der Waals surface area contributed by atoms with Crippen molar-refractivity contribution in [3.63, 3.8) is 0 Å². The van der Waals surface area contributed by atoms with Gasteiger partial charge in [-0.15, -0.1) is 0 Å². The van der Waals surface area contributed by atoms with E-state index >= 15 is 0 Å². The molecule has 1 heterocycles. The van der Waals surface area contributed by atoms with Crippen LogP contribution in [0.2, 0.25) is 5.02 Å². The van der Waals surface area contributed by atoms with E-state index in [0.29, 0.717) is 11.8 Å². The highest BCUT2D eigenvalue weighted by atomic mass is 35.5. The molecule has 0 radical (unpaired) electrons. The molecule has 1 N–H and O–H groups in total. The van der Waals surface area contributed by atoms with Gasteiger partial charge in [-0.1, -0.05) is 32.4 Å². The van der Waals surface area contributed by atoms with Crippen molar-refractivity contribution in [2.45, 2.75) is 72.4 Å². The first kappa shape index (κ1) is 15.8. The van der Waals surface area contributed by atoms with Gasteiger partial charge in [0.2, 0.25) is 0 Å². The lowest BCUT2D eigenvalue weighted by Gasteiger charge is -2.45. The van der Waals surface area contributed by atoms with Crippen molar-refractivity contribution in [2.75, 3.05) is 0 Å². The van der Waals surface area contributed by atoms with Crippen LogP contribution in [0.5, 0.6) is 0 Å². The number of nitrogens with zero attached hydrogens (tertiary/aromatic N) is 2. The van der Waals surface area contributed by atoms with Crippen LogP contribution in [0, 0.1) is 18.3 Å². The van der Waals surface area contributed by atoms with Gasteiger partial charge in [-0.05, 0) is 44.4 Å². The molecule has 0 saturated heterocycles. The third-order valence-corrected chi connectivity index (χ3v) is 5.43. The van der Waals surface area contributed by atoms with E-state index in [1.165, 1.54) is 0 Å². The van der Waals surface area contributed by atoms with Crippen molar-refractivity contribution in [3.8, 4) is 0 Å². The lowest BCUT2D eigenvalue weighted by Crippen LogP contribution is -2.46. The van der Waals surface area contributed by atoms with Crippen molar-refractivity contribution in [1.29, 1.82) is 0 Å². The highest BCUT2D eigenvalue weighted by Gasteiger charge is 2.43. The zero-order chi connectivity index (χ0) is 15.1. The fourth-order valence-corrected chi connectivity index (χ4v) is 3.71. The van der Waals surface area contributed by atoms with Gasteiger partial charge in [0.1, 0.15) is 0 Å². The van der Waals surface area contributed by atoms with Crippen molar-refractivity contribution in [3.05, 3.63) is 16.4 Å². The fraction of sp³-hybridized carbons (Fsp3) is 0.812. The van der Waals surface area contributed by atoms with Gasteiger partial charge < -0.3 is 5.11 Å². The highest BCUT2D eigenvalue weighted by molar-refractivity contribution is 6.31. The van der Waals surface area contributed by atoms with Crippen molar-refractivity contribution >= 4 is 11.6 Å². The average Bonchev–Trinajstić information content (AvgIpc) is 2.62. The second-order valence-electron chi connectivity index (χ2n) is 7.21. The van der Waals surface area contributed by atoms with Gasteiger partial charge in [-0.2, -0.15) is 5.10 Å². The molecule has 114 valence electrons. The van der Waals surface area contributed by atoms with Gasteiger partial charge in [0.05, 0.1) is 22.0 Å². The van der Waals surface area contributed by atoms with Gasteiger partial charge >= 0.3 is 0 Å². The average molecular weight is 299 g/mol. The van der Waals surface area contributed by atoms with Gasteiger partial charge in [0, 0.05) is 13.0 Å². The quantitative estimate of drug-likeness (QED) is 0.916. The van der Waals surface area contributed by atoms with Crippen LogP contribution >= 0.6 is 11.6 Å². The third-order valence-electron chi connectivity index (χ3n) is 4.94. The van der Waals surface area contributed by atoms with E-state index in [-0.39, 0.29) is 5.92 Å². The first-order valence-corrected chi connectivity index (χ1v) is 8.00. The predicted octanol–water partition coefficient (Wildman–Crippen LogP) is 3.98. The summed E-state index contributed by atoms with van der Waals surface area (Å²) in [6.07, 6.45) is 3.56. The highest BCUT2D eigenvalue weighted by Crippen LogP contribution is 2.45. The summed E-state index contributed by atoms with van der Waals surface area (Å²) in [5, 5.41) is 16.3. The summed E-state index contributed by atoms with van der Waals surface area (Å²) in [5.74, 6) is 0.280. The monoisotopic (exact) mass is 298 g/mol. The summed E-state index contributed by atoms with van der Waals surface area (Å²) < 4.78 is 1.93. The Morgan fingerprint density at radius 2 is 2.05 bits per heavy atom. The van der Waals surface area contributed by atoms with Crippen LogP contribution in [-0.2, 0) is 13.0 Å². The first-order valence-electron chi connectivity index (χ1n) is 7.63. The molecule has 1 saturated carbocycles. The summed E-state index contributed by atoms with van der Waals surface area (Å²) in [6, 6.07) is 0. The molecule has 1 aromatic rings. The Balaban J connectivity index is 2.25. The zero-order valence-electron chi connectivity index (χ0n) is 13.3. The lowest BCUT2D eigenvalue weighted by molar-refractivity contribution is -0.0715. The molecule has 4 heteroatoms. The molecular weight excluding hydrogens is 272 g/mol. The van der Waals surface area contributed by atoms with Crippen LogP contribution in [0.3, 0.4) is 0 Å². The molecule has 0 bridgehead atoms. The van der Waals surface area contributed by atoms with Crippen LogP contribution in [0.4, 0.5) is 0 Å². The molecule has 1 aliphatic rings. The Kier molecular flexibility index (Phi) is 4.23. The molecule has 0 aliphatic heterocycles. The van der Waals surface area contributed by atoms with Crippen LogP contribution < -0.4 is 0 Å². The topological polar surface area (TPSA) is 38.0 Å². The van der Waals surface area contributed by atoms with Gasteiger partial charge in [-0.3, -0.25) is 4.68 Å². The molecule has 1 aromatic heterocycles. The molecule has 0 amide bonds. The number of hydrogen-bond acceptors (Lipinski definition) is 2. The number of rotatable bonds is 3. The Labute approximate surface area is 127 Å². The number of hydrogen-bond donors (Lipinski definition) is 1. The molecule has 2 rings (SSSR count). The van der Waals surface area contributed by atoms with Crippen molar-refractivity contribution in [2.24, 2.45) is 11.3 Å². The Bertz CT molecular complexity index is 495. The van der Waals surface area contributed by atoms with E-state index in [4.69, 9.17) is 11.6 Å². The zero-order valence-corrected chi connectivity index (χ0v) is 14.1. The molecule has 2 atom stereocenters. The summed E-state index contributed by atoms with van der Waals surface area (Å²) in [4.78, 5) is 0. The van der Waals surface area contributed by atoms with Gasteiger partial charge in [-0.25, -0.2) is 0 Å². The number of halogens is 1. The van der Waals surface area contributed by atoms with Gasteiger partial charge in [0.25, 0.3) is 0 Å². The molecular formula is C16H27ClN2O. The maximum Gasteiger partial charge on any atom is 0.0848 e. The van der Waals surface area contributed by atoms with Crippen LogP contribution in [0.15, 0.2) is 0 Å². The number of aliphatic hydroxyl groups is 1. The second-order valence-corrected chi connectivity index (χ2v) is 7.59. The largest absolute Gasteiger partial charge is 0.389 e. The minimum absolute atomic E-state index is 0.280. The molecule has 1 fully saturated rings. The van der Waals surface area contributed by atoms with Gasteiger partial charge in [0.15, 0.2) is 0 Å². The van der Waals surface area contributed by atoms with Crippen molar-refractivity contribution < 1.29 is 5.11 Å². The Hall–Kier alpha value is -0.540. The van der Waals surface area contributed by atoms with Crippen LogP contribution in [0.25, 0.3) is 0 Å². The second kappa shape index (κ2) is 5.34. The summed E-state index contributed by atoms with van der Waals surface area (Å²) in [7, 11) is 0. The fourth-order valence-electron chi connectivity index (χ4n) is 3.51. The minimum Gasteiger partial charge on any atom is -0.389 e. The van der Waals surface area contributed by atoms with E-state index in [0.717, 1.165) is 42.2 Å². The van der Waals surface area contributed by atoms with Crippen LogP contribution in [0.1, 0.15) is 58.3 Å². The third kappa shape index (κ3) is 2.89. The summed E-state index contributed by atoms with van der Waals surface area (Å²) >= 11 is 6.38. The minimum atomic E-state index is -0.654. The van der Waals surface area contributed by atoms with E-state index in [1.54, 1.807) is 0 Å². The van der Waals surface area contributed by atoms with E-state index in [2.05, 4.69) is 32.8 Å². The summed E-state index contributed by atoms with van der Waals surface area (Å²) in [6.45, 7) is 11.5. The standard InChI is InChI=1S/C16H27ClN2O/c1-6-19-13(14(17)12(3)18-19)10-16(20)8-7-15(4,5)9-11(16)2/h11,20H,6-10H2,1-5H3. The Morgan fingerprint density at radius 3 is 2.60 bits per heavy atom. The normalized spacial score (nSPS) is 29.6. The summed E-state index contributed by atoms with van der Waals surface area (Å²) in [5.41, 5.74) is 1.52. The molecule has 0 aromatic carbocycles. The molecule has 3 nitrogen and oxygen atoms in total.